The number of hydrogen-bond donors (Lipinski definition) is 1. The molecule has 0 saturated carbocycles. The smallest absolute Gasteiger partial charge is 0.434 e. The second-order valence-electron chi connectivity index (χ2n) is 7.89. The van der Waals surface area contributed by atoms with E-state index in [0.29, 0.717) is 11.0 Å². The molecular formula is C23H18F5N5O2. The maximum Gasteiger partial charge on any atom is 0.434 e. The third-order valence-corrected chi connectivity index (χ3v) is 5.60. The number of carbonyl (C=O) groups excluding carboxylic acids is 1. The van der Waals surface area contributed by atoms with Crippen LogP contribution in [0.25, 0.3) is 17.1 Å². The minimum Gasteiger partial charge on any atom is -0.494 e. The van der Waals surface area contributed by atoms with Crippen molar-refractivity contribution in [1.29, 1.82) is 5.26 Å². The molecule has 1 amide bonds. The molecule has 4 rings (SSSR count). The number of ether oxygens (including phenoxy) is 1. The van der Waals surface area contributed by atoms with Gasteiger partial charge in [-0.1, -0.05) is 0 Å². The Morgan fingerprint density at radius 1 is 1.20 bits per heavy atom. The van der Waals surface area contributed by atoms with E-state index in [-0.39, 0.29) is 35.7 Å². The molecule has 1 aliphatic heterocycles. The largest absolute Gasteiger partial charge is 0.494 e. The topological polar surface area (TPSA) is 97.2 Å². The van der Waals surface area contributed by atoms with E-state index in [4.69, 9.17) is 15.7 Å². The van der Waals surface area contributed by atoms with Gasteiger partial charge in [-0.2, -0.15) is 18.4 Å². The van der Waals surface area contributed by atoms with Crippen molar-refractivity contribution in [3.8, 4) is 28.9 Å². The minimum atomic E-state index is -5.10. The first kappa shape index (κ1) is 24.2. The molecule has 1 atom stereocenters. The van der Waals surface area contributed by atoms with Crippen molar-refractivity contribution in [3.05, 3.63) is 65.0 Å². The number of likely N-dealkylation sites (tertiary alicyclic amines) is 1. The van der Waals surface area contributed by atoms with Crippen molar-refractivity contribution in [2.45, 2.75) is 18.6 Å². The number of nitrogens with two attached hydrogens (primary N) is 1. The molecule has 1 fully saturated rings. The van der Waals surface area contributed by atoms with Crippen LogP contribution in [-0.2, 0) is 6.18 Å². The van der Waals surface area contributed by atoms with Crippen LogP contribution in [0.5, 0.6) is 5.75 Å². The highest BCUT2D eigenvalue weighted by Crippen LogP contribution is 2.39. The zero-order chi connectivity index (χ0) is 25.5. The molecule has 1 saturated heterocycles. The van der Waals surface area contributed by atoms with Crippen LogP contribution in [0.1, 0.15) is 28.2 Å². The first-order chi connectivity index (χ1) is 16.5. The molecule has 2 heterocycles. The fraction of sp³-hybridized carbons (Fsp3) is 0.261. The van der Waals surface area contributed by atoms with Crippen LogP contribution in [0.4, 0.5) is 22.0 Å². The monoisotopic (exact) mass is 491 g/mol. The van der Waals surface area contributed by atoms with Gasteiger partial charge in [0.15, 0.2) is 23.0 Å². The molecule has 182 valence electrons. The highest BCUT2D eigenvalue weighted by Gasteiger charge is 2.44. The van der Waals surface area contributed by atoms with Crippen LogP contribution >= 0.6 is 0 Å². The SMILES string of the molecule is COc1ccc(-n2c(-c3ccc(C#N)c(F)c3)nc(C(=O)N3CC[C@@H](N)C3)c2C(F)(F)F)cc1F. The maximum atomic E-state index is 14.5. The normalized spacial score (nSPS) is 15.8. The van der Waals surface area contributed by atoms with Gasteiger partial charge in [-0.25, -0.2) is 13.8 Å². The predicted molar refractivity (Wildman–Crippen MR) is 114 cm³/mol. The van der Waals surface area contributed by atoms with E-state index < -0.39 is 47.0 Å². The van der Waals surface area contributed by atoms with E-state index in [1.165, 1.54) is 13.2 Å². The molecule has 1 aliphatic rings. The first-order valence-corrected chi connectivity index (χ1v) is 10.3. The Morgan fingerprint density at radius 3 is 2.49 bits per heavy atom. The number of halogens is 5. The molecule has 2 N–H and O–H groups in total. The third kappa shape index (κ3) is 4.42. The minimum absolute atomic E-state index is 0.0426. The Hall–Kier alpha value is -3.98. The van der Waals surface area contributed by atoms with Crippen LogP contribution in [0.15, 0.2) is 36.4 Å². The number of amides is 1. The Bertz CT molecular complexity index is 1350. The van der Waals surface area contributed by atoms with Gasteiger partial charge in [0.25, 0.3) is 5.91 Å². The summed E-state index contributed by atoms with van der Waals surface area (Å²) in [5.41, 5.74) is 2.62. The molecule has 0 unspecified atom stereocenters. The number of carbonyl (C=O) groups is 1. The van der Waals surface area contributed by atoms with E-state index in [0.717, 1.165) is 35.2 Å². The van der Waals surface area contributed by atoms with E-state index in [2.05, 4.69) is 4.98 Å². The van der Waals surface area contributed by atoms with Crippen LogP contribution in [-0.4, -0.2) is 46.6 Å². The fourth-order valence-electron chi connectivity index (χ4n) is 3.94. The molecule has 0 radical (unpaired) electrons. The third-order valence-electron chi connectivity index (χ3n) is 5.60. The van der Waals surface area contributed by atoms with Crippen LogP contribution in [0, 0.1) is 23.0 Å². The van der Waals surface area contributed by atoms with Gasteiger partial charge in [0, 0.05) is 30.8 Å². The van der Waals surface area contributed by atoms with Gasteiger partial charge >= 0.3 is 6.18 Å². The number of rotatable bonds is 4. The Balaban J connectivity index is 2.02. The summed E-state index contributed by atoms with van der Waals surface area (Å²) in [5, 5.41) is 8.99. The molecule has 7 nitrogen and oxygen atoms in total. The van der Waals surface area contributed by atoms with Crippen molar-refractivity contribution in [3.63, 3.8) is 0 Å². The highest BCUT2D eigenvalue weighted by atomic mass is 19.4. The second kappa shape index (κ2) is 8.99. The number of methoxy groups -OCH3 is 1. The summed E-state index contributed by atoms with van der Waals surface area (Å²) in [6, 6.07) is 7.40. The van der Waals surface area contributed by atoms with Gasteiger partial charge < -0.3 is 15.4 Å². The van der Waals surface area contributed by atoms with E-state index in [1.807, 2.05) is 0 Å². The lowest BCUT2D eigenvalue weighted by Gasteiger charge is -2.18. The zero-order valence-electron chi connectivity index (χ0n) is 18.2. The number of imidazole rings is 1. The van der Waals surface area contributed by atoms with Gasteiger partial charge in [0.05, 0.1) is 18.4 Å². The molecule has 2 aromatic carbocycles. The average Bonchev–Trinajstić information content (AvgIpc) is 3.42. The number of aromatic nitrogens is 2. The van der Waals surface area contributed by atoms with Crippen molar-refractivity contribution in [1.82, 2.24) is 14.5 Å². The molecule has 3 aromatic rings. The number of benzene rings is 2. The summed E-state index contributed by atoms with van der Waals surface area (Å²) in [5.74, 6) is -3.63. The van der Waals surface area contributed by atoms with Gasteiger partial charge in [0.2, 0.25) is 0 Å². The lowest BCUT2D eigenvalue weighted by Crippen LogP contribution is -2.33. The maximum absolute atomic E-state index is 14.5. The van der Waals surface area contributed by atoms with E-state index >= 15 is 0 Å². The standard InChI is InChI=1S/C23H18F5N5O2/c1-35-18-5-4-15(9-17(18)25)33-20(23(26,27)28)19(22(34)32-7-6-14(30)11-32)31-21(33)12-2-3-13(10-29)16(24)8-12/h2-5,8-9,14H,6-7,11,30H2,1H3/t14-/m1/s1. The Labute approximate surface area is 196 Å². The summed E-state index contributed by atoms with van der Waals surface area (Å²) in [6.45, 7) is 0.184. The fourth-order valence-corrected chi connectivity index (χ4v) is 3.94. The van der Waals surface area contributed by atoms with Gasteiger partial charge in [-0.05, 0) is 36.8 Å². The molecule has 35 heavy (non-hydrogen) atoms. The van der Waals surface area contributed by atoms with Crippen molar-refractivity contribution >= 4 is 5.91 Å². The molecule has 0 bridgehead atoms. The number of nitriles is 1. The number of hydrogen-bond acceptors (Lipinski definition) is 5. The van der Waals surface area contributed by atoms with Crippen molar-refractivity contribution < 1.29 is 31.5 Å². The number of alkyl halides is 3. The Kier molecular flexibility index (Phi) is 6.21. The summed E-state index contributed by atoms with van der Waals surface area (Å²) >= 11 is 0. The molecule has 1 aromatic heterocycles. The lowest BCUT2D eigenvalue weighted by atomic mass is 10.1. The molecule has 0 aliphatic carbocycles. The average molecular weight is 491 g/mol. The van der Waals surface area contributed by atoms with Gasteiger partial charge in [-0.3, -0.25) is 9.36 Å². The summed E-state index contributed by atoms with van der Waals surface area (Å²) in [7, 11) is 1.19. The lowest BCUT2D eigenvalue weighted by molar-refractivity contribution is -0.142. The summed E-state index contributed by atoms with van der Waals surface area (Å²) in [6.07, 6.45) is -4.69. The zero-order valence-corrected chi connectivity index (χ0v) is 18.2. The second-order valence-corrected chi connectivity index (χ2v) is 7.89. The van der Waals surface area contributed by atoms with Crippen LogP contribution < -0.4 is 10.5 Å². The summed E-state index contributed by atoms with van der Waals surface area (Å²) < 4.78 is 77.4. The van der Waals surface area contributed by atoms with Crippen molar-refractivity contribution in [2.24, 2.45) is 5.73 Å². The first-order valence-electron chi connectivity index (χ1n) is 10.3. The van der Waals surface area contributed by atoms with Crippen LogP contribution in [0.3, 0.4) is 0 Å². The van der Waals surface area contributed by atoms with Crippen molar-refractivity contribution in [2.75, 3.05) is 20.2 Å². The van der Waals surface area contributed by atoms with E-state index in [9.17, 15) is 26.7 Å². The number of nitrogens with zero attached hydrogens (tertiary/aromatic N) is 4. The van der Waals surface area contributed by atoms with E-state index in [1.54, 1.807) is 6.07 Å². The molecular weight excluding hydrogens is 473 g/mol. The van der Waals surface area contributed by atoms with Gasteiger partial charge in [-0.15, -0.1) is 0 Å². The van der Waals surface area contributed by atoms with Crippen LogP contribution in [0.2, 0.25) is 0 Å². The Morgan fingerprint density at radius 2 is 1.94 bits per heavy atom. The highest BCUT2D eigenvalue weighted by molar-refractivity contribution is 5.95. The predicted octanol–water partition coefficient (Wildman–Crippen LogP) is 3.89. The summed E-state index contributed by atoms with van der Waals surface area (Å²) in [4.78, 5) is 18.2. The van der Waals surface area contributed by atoms with Gasteiger partial charge in [0.1, 0.15) is 17.7 Å². The molecule has 0 spiro atoms. The molecule has 12 heteroatoms. The quantitative estimate of drug-likeness (QED) is 0.559.